The molecule has 3 heteroatoms. The van der Waals surface area contributed by atoms with E-state index in [2.05, 4.69) is 42.0 Å². The molecule has 2 rings (SSSR count). The highest BCUT2D eigenvalue weighted by molar-refractivity contribution is 9.10. The lowest BCUT2D eigenvalue weighted by Gasteiger charge is -2.29. The zero-order valence-corrected chi connectivity index (χ0v) is 15.0. The van der Waals surface area contributed by atoms with Crippen LogP contribution >= 0.6 is 15.9 Å². The second-order valence-electron chi connectivity index (χ2n) is 7.35. The zero-order chi connectivity index (χ0) is 15.5. The first-order valence-electron chi connectivity index (χ1n) is 8.05. The van der Waals surface area contributed by atoms with Crippen molar-refractivity contribution in [2.24, 2.45) is 11.8 Å². The molecule has 1 fully saturated rings. The van der Waals surface area contributed by atoms with E-state index < -0.39 is 0 Å². The lowest BCUT2D eigenvalue weighted by molar-refractivity contribution is 0.286. The number of hydrogen-bond acceptors (Lipinski definition) is 1. The molecule has 1 nitrogen and oxygen atoms in total. The average molecular weight is 356 g/mol. The van der Waals surface area contributed by atoms with Crippen LogP contribution in [0.2, 0.25) is 0 Å². The molecule has 0 bridgehead atoms. The molecule has 0 saturated heterocycles. The van der Waals surface area contributed by atoms with E-state index in [9.17, 15) is 4.39 Å². The van der Waals surface area contributed by atoms with Crippen molar-refractivity contribution < 1.29 is 4.39 Å². The molecular formula is C18H27BrFN. The van der Waals surface area contributed by atoms with Crippen molar-refractivity contribution in [3.8, 4) is 0 Å². The van der Waals surface area contributed by atoms with E-state index >= 15 is 0 Å². The predicted molar refractivity (Wildman–Crippen MR) is 91.0 cm³/mol. The summed E-state index contributed by atoms with van der Waals surface area (Å²) >= 11 is 3.41. The van der Waals surface area contributed by atoms with Crippen LogP contribution in [0, 0.1) is 17.7 Å². The minimum Gasteiger partial charge on any atom is -0.312 e. The summed E-state index contributed by atoms with van der Waals surface area (Å²) in [6.45, 7) is 7.63. The summed E-state index contributed by atoms with van der Waals surface area (Å²) in [6, 6.07) is 5.39. The Kier molecular flexibility index (Phi) is 5.84. The van der Waals surface area contributed by atoms with Gasteiger partial charge in [-0.2, -0.15) is 0 Å². The lowest BCUT2D eigenvalue weighted by Crippen LogP contribution is -2.41. The normalized spacial score (nSPS) is 18.1. The van der Waals surface area contributed by atoms with Crippen LogP contribution in [0.3, 0.4) is 0 Å². The summed E-state index contributed by atoms with van der Waals surface area (Å²) in [5.41, 5.74) is 1.23. The molecule has 0 aromatic heterocycles. The lowest BCUT2D eigenvalue weighted by atomic mass is 9.85. The van der Waals surface area contributed by atoms with E-state index in [0.29, 0.717) is 10.4 Å². The molecule has 118 valence electrons. The van der Waals surface area contributed by atoms with Gasteiger partial charge in [0.05, 0.1) is 4.47 Å². The third-order valence-corrected chi connectivity index (χ3v) is 5.36. The standard InChI is InChI=1S/C18H27BrFN/c1-18(2,3)21-12-15(13-7-4-5-8-13)11-14-9-6-10-16(20)17(14)19/h6,9-10,13,15,21H,4-5,7-8,11-12H2,1-3H3. The fourth-order valence-electron chi connectivity index (χ4n) is 3.26. The van der Waals surface area contributed by atoms with E-state index in [-0.39, 0.29) is 11.4 Å². The summed E-state index contributed by atoms with van der Waals surface area (Å²) < 4.78 is 14.4. The van der Waals surface area contributed by atoms with Crippen molar-refractivity contribution in [1.29, 1.82) is 0 Å². The topological polar surface area (TPSA) is 12.0 Å². The van der Waals surface area contributed by atoms with Crippen molar-refractivity contribution in [3.05, 3.63) is 34.1 Å². The average Bonchev–Trinajstić information content (AvgIpc) is 2.92. The Balaban J connectivity index is 2.09. The monoisotopic (exact) mass is 355 g/mol. The van der Waals surface area contributed by atoms with Crippen molar-refractivity contribution in [2.45, 2.75) is 58.4 Å². The highest BCUT2D eigenvalue weighted by atomic mass is 79.9. The van der Waals surface area contributed by atoms with Gasteiger partial charge in [-0.3, -0.25) is 0 Å². The van der Waals surface area contributed by atoms with Gasteiger partial charge in [-0.05, 0) is 73.1 Å². The van der Waals surface area contributed by atoms with Gasteiger partial charge in [-0.15, -0.1) is 0 Å². The molecule has 0 aliphatic heterocycles. The Morgan fingerprint density at radius 3 is 2.57 bits per heavy atom. The Hall–Kier alpha value is -0.410. The zero-order valence-electron chi connectivity index (χ0n) is 13.4. The molecule has 0 heterocycles. The van der Waals surface area contributed by atoms with Gasteiger partial charge < -0.3 is 5.32 Å². The SMILES string of the molecule is CC(C)(C)NCC(Cc1cccc(F)c1Br)C1CCCC1. The molecule has 0 amide bonds. The molecule has 1 aliphatic rings. The fourth-order valence-corrected chi connectivity index (χ4v) is 3.69. The van der Waals surface area contributed by atoms with Gasteiger partial charge in [0.25, 0.3) is 0 Å². The van der Waals surface area contributed by atoms with Crippen molar-refractivity contribution >= 4 is 15.9 Å². The highest BCUT2D eigenvalue weighted by Crippen LogP contribution is 2.34. The van der Waals surface area contributed by atoms with Crippen LogP contribution in [0.4, 0.5) is 4.39 Å². The Labute approximate surface area is 136 Å². The minimum atomic E-state index is -0.151. The number of benzene rings is 1. The molecule has 1 atom stereocenters. The van der Waals surface area contributed by atoms with E-state index in [1.165, 1.54) is 31.7 Å². The van der Waals surface area contributed by atoms with E-state index in [1.54, 1.807) is 0 Å². The quantitative estimate of drug-likeness (QED) is 0.752. The van der Waals surface area contributed by atoms with Gasteiger partial charge in [0.1, 0.15) is 5.82 Å². The maximum absolute atomic E-state index is 13.7. The molecule has 1 aromatic carbocycles. The summed E-state index contributed by atoms with van der Waals surface area (Å²) in [5.74, 6) is 1.21. The fraction of sp³-hybridized carbons (Fsp3) is 0.667. The highest BCUT2D eigenvalue weighted by Gasteiger charge is 2.27. The molecule has 21 heavy (non-hydrogen) atoms. The second-order valence-corrected chi connectivity index (χ2v) is 8.15. The molecule has 1 aliphatic carbocycles. The summed E-state index contributed by atoms with van der Waals surface area (Å²) in [6.07, 6.45) is 6.29. The van der Waals surface area contributed by atoms with Gasteiger partial charge in [-0.25, -0.2) is 4.39 Å². The Morgan fingerprint density at radius 2 is 1.95 bits per heavy atom. The molecule has 1 aromatic rings. The molecule has 1 unspecified atom stereocenters. The molecular weight excluding hydrogens is 329 g/mol. The van der Waals surface area contributed by atoms with Crippen LogP contribution in [0.5, 0.6) is 0 Å². The Bertz CT molecular complexity index is 461. The predicted octanol–water partition coefficient (Wildman–Crippen LogP) is 5.33. The summed E-state index contributed by atoms with van der Waals surface area (Å²) in [7, 11) is 0. The second kappa shape index (κ2) is 7.23. The third-order valence-electron chi connectivity index (χ3n) is 4.47. The molecule has 1 N–H and O–H groups in total. The van der Waals surface area contributed by atoms with Crippen molar-refractivity contribution in [1.82, 2.24) is 5.32 Å². The van der Waals surface area contributed by atoms with Crippen LogP contribution in [0.15, 0.2) is 22.7 Å². The number of halogens is 2. The number of nitrogens with one attached hydrogen (secondary N) is 1. The largest absolute Gasteiger partial charge is 0.312 e. The van der Waals surface area contributed by atoms with E-state index in [4.69, 9.17) is 0 Å². The van der Waals surface area contributed by atoms with Crippen LogP contribution in [0.25, 0.3) is 0 Å². The van der Waals surface area contributed by atoms with Crippen LogP contribution < -0.4 is 5.32 Å². The third kappa shape index (κ3) is 5.07. The smallest absolute Gasteiger partial charge is 0.137 e. The van der Waals surface area contributed by atoms with Crippen molar-refractivity contribution in [3.63, 3.8) is 0 Å². The van der Waals surface area contributed by atoms with E-state index in [0.717, 1.165) is 24.4 Å². The van der Waals surface area contributed by atoms with Gasteiger partial charge in [0, 0.05) is 5.54 Å². The molecule has 0 spiro atoms. The molecule has 1 saturated carbocycles. The van der Waals surface area contributed by atoms with Gasteiger partial charge >= 0.3 is 0 Å². The summed E-state index contributed by atoms with van der Waals surface area (Å²) in [5, 5.41) is 3.64. The van der Waals surface area contributed by atoms with Gasteiger partial charge in [0.2, 0.25) is 0 Å². The van der Waals surface area contributed by atoms with Crippen molar-refractivity contribution in [2.75, 3.05) is 6.54 Å². The first-order chi connectivity index (χ1) is 9.87. The first-order valence-corrected chi connectivity index (χ1v) is 8.84. The van der Waals surface area contributed by atoms with E-state index in [1.807, 2.05) is 12.1 Å². The number of rotatable bonds is 5. The maximum atomic E-state index is 13.7. The van der Waals surface area contributed by atoms with Gasteiger partial charge in [0.15, 0.2) is 0 Å². The first kappa shape index (κ1) is 17.0. The van der Waals surface area contributed by atoms with Gasteiger partial charge in [-0.1, -0.05) is 37.8 Å². The van der Waals surface area contributed by atoms with Crippen LogP contribution in [-0.4, -0.2) is 12.1 Å². The van der Waals surface area contributed by atoms with Crippen LogP contribution in [0.1, 0.15) is 52.0 Å². The molecule has 0 radical (unpaired) electrons. The Morgan fingerprint density at radius 1 is 1.29 bits per heavy atom. The number of hydrogen-bond donors (Lipinski definition) is 1. The maximum Gasteiger partial charge on any atom is 0.137 e. The van der Waals surface area contributed by atoms with Crippen LogP contribution in [-0.2, 0) is 6.42 Å². The summed E-state index contributed by atoms with van der Waals surface area (Å²) in [4.78, 5) is 0. The minimum absolute atomic E-state index is 0.135.